The van der Waals surface area contributed by atoms with Gasteiger partial charge >= 0.3 is 0 Å². The average molecular weight is 919 g/mol. The molecule has 6 nitrogen and oxygen atoms in total. The Labute approximate surface area is 414 Å². The van der Waals surface area contributed by atoms with Gasteiger partial charge in [-0.3, -0.25) is 4.99 Å². The van der Waals surface area contributed by atoms with E-state index in [4.69, 9.17) is 9.83 Å². The van der Waals surface area contributed by atoms with Crippen LogP contribution in [0.3, 0.4) is 0 Å². The van der Waals surface area contributed by atoms with E-state index in [1.165, 1.54) is 39.2 Å². The Hall–Kier alpha value is -8.61. The zero-order valence-corrected chi connectivity index (χ0v) is 40.8. The van der Waals surface area contributed by atoms with E-state index >= 15 is 0 Å². The van der Waals surface area contributed by atoms with Crippen molar-refractivity contribution in [3.63, 3.8) is 0 Å². The molecule has 2 N–H and O–H groups in total. The SMILES string of the molecule is C=C/C(=C(\C)O)c1ccccc1.C=CC.C=N.C=NC(=NCC1=CCCC=C1)c1ccccc1.Cc1cccc(N2c3ccc(C)cc3C=Cc3cc(-c4cccc5c4oc4ccccc45)ccc32)c1. The number of allylic oxidation sites excluding steroid dienone is 6. The minimum absolute atomic E-state index is 0.302. The first-order valence-corrected chi connectivity index (χ1v) is 23.4. The van der Waals surface area contributed by atoms with Crippen LogP contribution in [-0.2, 0) is 0 Å². The highest BCUT2D eigenvalue weighted by Gasteiger charge is 2.21. The number of rotatable bonds is 7. The first kappa shape index (κ1) is 50.8. The van der Waals surface area contributed by atoms with Gasteiger partial charge in [0.25, 0.3) is 0 Å². The van der Waals surface area contributed by atoms with Gasteiger partial charge in [0.2, 0.25) is 0 Å². The minimum Gasteiger partial charge on any atom is -0.512 e. The molecule has 8 aromatic rings. The molecule has 70 heavy (non-hydrogen) atoms. The molecule has 0 amide bonds. The van der Waals surface area contributed by atoms with Gasteiger partial charge in [0, 0.05) is 33.2 Å². The van der Waals surface area contributed by atoms with Gasteiger partial charge in [0.15, 0.2) is 5.84 Å². The number of hydrogen-bond donors (Lipinski definition) is 2. The Kier molecular flexibility index (Phi) is 18.5. The second-order valence-electron chi connectivity index (χ2n) is 16.5. The van der Waals surface area contributed by atoms with Crippen molar-refractivity contribution >= 4 is 76.0 Å². The number of aliphatic imine (C=N–C) groups is 2. The van der Waals surface area contributed by atoms with Crippen LogP contribution in [0.15, 0.2) is 233 Å². The number of amidine groups is 1. The van der Waals surface area contributed by atoms with Gasteiger partial charge in [-0.2, -0.15) is 0 Å². The second-order valence-corrected chi connectivity index (χ2v) is 16.5. The van der Waals surface area contributed by atoms with Gasteiger partial charge in [0.1, 0.15) is 11.2 Å². The van der Waals surface area contributed by atoms with Crippen LogP contribution < -0.4 is 4.90 Å². The van der Waals surface area contributed by atoms with E-state index in [1.54, 1.807) is 19.1 Å². The third-order valence-corrected chi connectivity index (χ3v) is 11.5. The van der Waals surface area contributed by atoms with Gasteiger partial charge in [-0.15, -0.1) is 6.58 Å². The van der Waals surface area contributed by atoms with E-state index < -0.39 is 0 Å². The molecule has 1 aromatic heterocycles. The molecule has 6 heteroatoms. The molecule has 0 bridgehead atoms. The van der Waals surface area contributed by atoms with Crippen LogP contribution in [0.2, 0.25) is 0 Å². The zero-order valence-electron chi connectivity index (χ0n) is 40.8. The molecule has 0 spiro atoms. The van der Waals surface area contributed by atoms with Crippen LogP contribution in [0.5, 0.6) is 0 Å². The molecule has 350 valence electrons. The maximum atomic E-state index is 9.27. The Bertz CT molecular complexity index is 3220. The molecular weight excluding hydrogens is 857 g/mol. The fourth-order valence-electron chi connectivity index (χ4n) is 8.26. The number of benzene rings is 7. The fourth-order valence-corrected chi connectivity index (χ4v) is 8.26. The molecule has 2 heterocycles. The lowest BCUT2D eigenvalue weighted by Gasteiger charge is -2.28. The quantitative estimate of drug-likeness (QED) is 0.0549. The second kappa shape index (κ2) is 25.5. The molecule has 0 atom stereocenters. The third-order valence-electron chi connectivity index (χ3n) is 11.5. The number of aliphatic hydroxyl groups is 1. The Morgan fingerprint density at radius 3 is 1.94 bits per heavy atom. The number of fused-ring (bicyclic) bond motifs is 5. The first-order valence-electron chi connectivity index (χ1n) is 23.4. The predicted molar refractivity (Wildman–Crippen MR) is 304 cm³/mol. The summed E-state index contributed by atoms with van der Waals surface area (Å²) in [5, 5.41) is 17.1. The molecular formula is C64H62N4O2. The number of hydrogen-bond acceptors (Lipinski definition) is 5. The summed E-state index contributed by atoms with van der Waals surface area (Å²) < 4.78 is 6.35. The van der Waals surface area contributed by atoms with E-state index in [0.29, 0.717) is 18.1 Å². The summed E-state index contributed by atoms with van der Waals surface area (Å²) in [7, 11) is 0. The maximum Gasteiger partial charge on any atom is 0.154 e. The molecule has 0 radical (unpaired) electrons. The topological polar surface area (TPSA) is 85.2 Å². The summed E-state index contributed by atoms with van der Waals surface area (Å²) in [6.45, 7) is 21.6. The molecule has 1 aliphatic heterocycles. The van der Waals surface area contributed by atoms with Gasteiger partial charge < -0.3 is 19.8 Å². The van der Waals surface area contributed by atoms with Crippen LogP contribution >= 0.6 is 0 Å². The average Bonchev–Trinajstić information content (AvgIpc) is 3.70. The highest BCUT2D eigenvalue weighted by Crippen LogP contribution is 2.44. The minimum atomic E-state index is 0.302. The summed E-state index contributed by atoms with van der Waals surface area (Å²) >= 11 is 0. The molecule has 0 unspecified atom stereocenters. The molecule has 10 rings (SSSR count). The number of aliphatic hydroxyl groups excluding tert-OH is 1. The smallest absolute Gasteiger partial charge is 0.154 e. The Morgan fingerprint density at radius 2 is 1.30 bits per heavy atom. The van der Waals surface area contributed by atoms with Crippen LogP contribution in [0.4, 0.5) is 17.1 Å². The van der Waals surface area contributed by atoms with Crippen molar-refractivity contribution < 1.29 is 9.52 Å². The molecule has 7 aromatic carbocycles. The standard InChI is InChI=1S/C34H25NO.C15H16N2.C11H12O.C3H6.CH3N/c1-22-7-5-8-27(20-22)35-31-17-13-23(2)19-25(31)14-15-26-21-24(16-18-32(26)35)28-10-6-11-30-29-9-3-4-12-33(29)36-34(28)30;1-16-15(14-10-6-3-7-11-14)17-12-13-8-4-2-5-9-13;1-3-11(9(2)12)10-7-5-4-6-8-10;1-3-2;1-2/h3-21H,1-2H3;3-4,6-11H,1-2,5,12H2;3-8,12H,1H2,2H3;3H,1H2,2H3;2H,1H2/b;;11-9-;;. The number of furan rings is 1. The van der Waals surface area contributed by atoms with E-state index in [9.17, 15) is 5.11 Å². The van der Waals surface area contributed by atoms with Gasteiger partial charge in [-0.05, 0) is 130 Å². The van der Waals surface area contributed by atoms with Crippen molar-refractivity contribution in [1.82, 2.24) is 0 Å². The van der Waals surface area contributed by atoms with Crippen molar-refractivity contribution in [2.45, 2.75) is 40.5 Å². The highest BCUT2D eigenvalue weighted by atomic mass is 16.3. The van der Waals surface area contributed by atoms with Gasteiger partial charge in [-0.25, -0.2) is 4.99 Å². The normalized spacial score (nSPS) is 12.5. The lowest BCUT2D eigenvalue weighted by atomic mass is 9.99. The van der Waals surface area contributed by atoms with E-state index in [1.807, 2.05) is 79.7 Å². The Balaban J connectivity index is 0.000000196. The first-order chi connectivity index (χ1) is 34.2. The third kappa shape index (κ3) is 12.7. The lowest BCUT2D eigenvalue weighted by Crippen LogP contribution is -2.12. The van der Waals surface area contributed by atoms with Gasteiger partial charge in [0.05, 0.1) is 23.7 Å². The van der Waals surface area contributed by atoms with E-state index in [2.05, 4.69) is 177 Å². The zero-order chi connectivity index (χ0) is 49.8. The van der Waals surface area contributed by atoms with Crippen molar-refractivity contribution in [2.75, 3.05) is 11.4 Å². The maximum absolute atomic E-state index is 9.27. The monoisotopic (exact) mass is 918 g/mol. The van der Waals surface area contributed by atoms with Crippen LogP contribution in [0, 0.1) is 19.3 Å². The van der Waals surface area contributed by atoms with E-state index in [-0.39, 0.29) is 0 Å². The van der Waals surface area contributed by atoms with E-state index in [0.717, 1.165) is 68.3 Å². The Morgan fingerprint density at radius 1 is 0.686 bits per heavy atom. The number of para-hydroxylation sites is 2. The van der Waals surface area contributed by atoms with Crippen molar-refractivity contribution in [3.8, 4) is 11.1 Å². The number of nitrogens with zero attached hydrogens (tertiary/aromatic N) is 3. The molecule has 0 saturated heterocycles. The van der Waals surface area contributed by atoms with Crippen molar-refractivity contribution in [3.05, 3.63) is 252 Å². The number of nitrogens with one attached hydrogen (secondary N) is 1. The summed E-state index contributed by atoms with van der Waals surface area (Å²) in [5.74, 6) is 1.02. The van der Waals surface area contributed by atoms with Crippen molar-refractivity contribution in [2.24, 2.45) is 9.98 Å². The summed E-state index contributed by atoms with van der Waals surface area (Å²) in [6.07, 6.45) is 16.7. The van der Waals surface area contributed by atoms with Crippen LogP contribution in [-0.4, -0.2) is 30.9 Å². The largest absolute Gasteiger partial charge is 0.512 e. The number of aryl methyl sites for hydroxylation is 2. The van der Waals surface area contributed by atoms with Crippen molar-refractivity contribution in [1.29, 1.82) is 5.41 Å². The number of anilines is 3. The van der Waals surface area contributed by atoms with Gasteiger partial charge in [-0.1, -0.05) is 176 Å². The summed E-state index contributed by atoms with van der Waals surface area (Å²) in [4.78, 5) is 10.9. The highest BCUT2D eigenvalue weighted by molar-refractivity contribution is 6.10. The molecule has 0 saturated carbocycles. The predicted octanol–water partition coefficient (Wildman–Crippen LogP) is 17.9. The summed E-state index contributed by atoms with van der Waals surface area (Å²) in [5.41, 5.74) is 16.6. The lowest BCUT2D eigenvalue weighted by molar-refractivity contribution is 0.417. The molecule has 0 fully saturated rings. The fraction of sp³-hybridized carbons (Fsp3) is 0.109. The molecule has 1 aliphatic carbocycles. The molecule has 2 aliphatic rings. The summed E-state index contributed by atoms with van der Waals surface area (Å²) in [6, 6.07) is 56.5. The van der Waals surface area contributed by atoms with Crippen LogP contribution in [0.1, 0.15) is 60.1 Å². The van der Waals surface area contributed by atoms with Crippen LogP contribution in [0.25, 0.3) is 50.8 Å².